The first kappa shape index (κ1) is 29.2. The molecular formula is C30H48O9Si. The second-order valence-corrected chi connectivity index (χ2v) is 19.4. The van der Waals surface area contributed by atoms with E-state index < -0.39 is 32.1 Å². The molecule has 0 aromatic carbocycles. The van der Waals surface area contributed by atoms with Crippen LogP contribution in [0.3, 0.4) is 0 Å². The van der Waals surface area contributed by atoms with Crippen LogP contribution in [-0.4, -0.2) is 85.0 Å². The van der Waals surface area contributed by atoms with Crippen molar-refractivity contribution in [2.45, 2.75) is 115 Å². The maximum absolute atomic E-state index is 13.0. The molecule has 3 heterocycles. The lowest BCUT2D eigenvalue weighted by atomic mass is 9.50. The van der Waals surface area contributed by atoms with Crippen LogP contribution in [0.2, 0.25) is 18.1 Å². The molecule has 3 unspecified atom stereocenters. The van der Waals surface area contributed by atoms with Crippen molar-refractivity contribution in [3.8, 4) is 0 Å². The Balaban J connectivity index is 1.58. The number of hydrogen-bond acceptors (Lipinski definition) is 9. The van der Waals surface area contributed by atoms with Crippen LogP contribution in [0.5, 0.6) is 0 Å². The van der Waals surface area contributed by atoms with E-state index in [1.165, 1.54) is 11.1 Å². The van der Waals surface area contributed by atoms with Gasteiger partial charge >= 0.3 is 5.97 Å². The molecule has 0 N–H and O–H groups in total. The number of carbonyl (C=O) groups is 1. The van der Waals surface area contributed by atoms with E-state index >= 15 is 0 Å². The fraction of sp³-hybridized carbons (Fsp3) is 0.900. The number of fused-ring (bicyclic) bond motifs is 8. The Hall–Kier alpha value is -0.853. The Morgan fingerprint density at radius 2 is 1.77 bits per heavy atom. The summed E-state index contributed by atoms with van der Waals surface area (Å²) in [5, 5.41) is 0.00971. The SMILES string of the molecule is COC[C@H]1OC(=O)C[C@@H]2C3OC(OC)OC3C3=C([C@H](O[Si](C)(C)C(C)(C)C)C[C@@]4(C)[C@H]3CCC43OCCO3)[C@]21C. The largest absolute Gasteiger partial charge is 0.459 e. The van der Waals surface area contributed by atoms with E-state index in [0.29, 0.717) is 19.8 Å². The summed E-state index contributed by atoms with van der Waals surface area (Å²) in [5.41, 5.74) is 1.56. The molecule has 4 fully saturated rings. The van der Waals surface area contributed by atoms with Gasteiger partial charge in [-0.15, -0.1) is 0 Å². The fourth-order valence-corrected chi connectivity index (χ4v) is 9.94. The highest BCUT2D eigenvalue weighted by atomic mass is 28.4. The minimum Gasteiger partial charge on any atom is -0.459 e. The van der Waals surface area contributed by atoms with E-state index in [9.17, 15) is 4.79 Å². The molecule has 1 spiro atoms. The summed E-state index contributed by atoms with van der Waals surface area (Å²) >= 11 is 0. The van der Waals surface area contributed by atoms with Crippen LogP contribution in [0.25, 0.3) is 0 Å². The lowest BCUT2D eigenvalue weighted by Crippen LogP contribution is -2.65. The van der Waals surface area contributed by atoms with E-state index in [4.69, 9.17) is 37.6 Å². The van der Waals surface area contributed by atoms with Crippen LogP contribution < -0.4 is 0 Å². The molecule has 226 valence electrons. The quantitative estimate of drug-likeness (QED) is 0.264. The topological polar surface area (TPSA) is 90.9 Å². The average Bonchev–Trinajstić information content (AvgIpc) is 3.58. The van der Waals surface area contributed by atoms with Crippen LogP contribution in [0, 0.1) is 22.7 Å². The van der Waals surface area contributed by atoms with Crippen molar-refractivity contribution in [1.82, 2.24) is 0 Å². The van der Waals surface area contributed by atoms with Crippen molar-refractivity contribution in [1.29, 1.82) is 0 Å². The summed E-state index contributed by atoms with van der Waals surface area (Å²) in [4.78, 5) is 13.0. The number of cyclic esters (lactones) is 1. The second kappa shape index (κ2) is 9.57. The highest BCUT2D eigenvalue weighted by Gasteiger charge is 2.72. The molecule has 0 radical (unpaired) electrons. The van der Waals surface area contributed by atoms with Gasteiger partial charge in [0.2, 0.25) is 0 Å². The Kier molecular flexibility index (Phi) is 7.00. The van der Waals surface area contributed by atoms with Crippen LogP contribution in [0.4, 0.5) is 0 Å². The highest BCUT2D eigenvalue weighted by Crippen LogP contribution is 2.69. The van der Waals surface area contributed by atoms with Crippen molar-refractivity contribution in [3.63, 3.8) is 0 Å². The first-order chi connectivity index (χ1) is 18.7. The van der Waals surface area contributed by atoms with Crippen molar-refractivity contribution >= 4 is 14.3 Å². The molecule has 0 amide bonds. The van der Waals surface area contributed by atoms with Gasteiger partial charge in [0.25, 0.3) is 6.48 Å². The zero-order valence-electron chi connectivity index (χ0n) is 25.7. The van der Waals surface area contributed by atoms with Gasteiger partial charge in [-0.05, 0) is 48.0 Å². The number of hydrogen-bond donors (Lipinski definition) is 0. The molecular weight excluding hydrogens is 532 g/mol. The first-order valence-electron chi connectivity index (χ1n) is 14.9. The molecule has 9 atom stereocenters. The summed E-state index contributed by atoms with van der Waals surface area (Å²) in [5.74, 6) is -0.900. The number of esters is 1. The van der Waals surface area contributed by atoms with E-state index in [1.54, 1.807) is 14.2 Å². The summed E-state index contributed by atoms with van der Waals surface area (Å²) in [6, 6.07) is 0. The number of methoxy groups -OCH3 is 2. The van der Waals surface area contributed by atoms with E-state index in [2.05, 4.69) is 47.7 Å². The van der Waals surface area contributed by atoms with Crippen molar-refractivity contribution in [3.05, 3.63) is 11.1 Å². The zero-order valence-corrected chi connectivity index (χ0v) is 26.7. The smallest absolute Gasteiger partial charge is 0.306 e. The summed E-state index contributed by atoms with van der Waals surface area (Å²) in [6.07, 6.45) is 1.38. The second-order valence-electron chi connectivity index (χ2n) is 14.6. The van der Waals surface area contributed by atoms with Crippen LogP contribution in [0.1, 0.15) is 60.3 Å². The van der Waals surface area contributed by atoms with Crippen molar-refractivity contribution < 1.29 is 42.4 Å². The van der Waals surface area contributed by atoms with Gasteiger partial charge in [-0.25, -0.2) is 0 Å². The minimum atomic E-state index is -2.25. The standard InChI is InChI=1S/C30H48O9Si/c1-27(2,3)40(8,9)39-19-15-28(4)17(10-11-30(28)34-12-13-35-30)22-23(19)29(5)18(14-21(31)36-20(29)16-32-6)24-25(22)38-26(33-7)37-24/h17-20,24-26H,10-16H2,1-9H3/t17-,18+,19+,20+,24?,25?,26?,28-,29+/m0/s1. The Bertz CT molecular complexity index is 1060. The van der Waals surface area contributed by atoms with Gasteiger partial charge in [-0.1, -0.05) is 34.6 Å². The van der Waals surface area contributed by atoms with Gasteiger partial charge < -0.3 is 37.6 Å². The molecule has 40 heavy (non-hydrogen) atoms. The maximum Gasteiger partial charge on any atom is 0.306 e. The van der Waals surface area contributed by atoms with Gasteiger partial charge in [0, 0.05) is 37.4 Å². The molecule has 1 saturated carbocycles. The molecule has 3 aliphatic heterocycles. The van der Waals surface area contributed by atoms with Gasteiger partial charge in [-0.2, -0.15) is 0 Å². The summed E-state index contributed by atoms with van der Waals surface area (Å²) in [6.45, 7) is 16.7. The fourth-order valence-electron chi connectivity index (χ4n) is 8.68. The third-order valence-electron chi connectivity index (χ3n) is 11.7. The Labute approximate surface area is 239 Å². The molecule has 10 heteroatoms. The zero-order chi connectivity index (χ0) is 28.9. The predicted octanol–water partition coefficient (Wildman–Crippen LogP) is 4.55. The number of ether oxygens (including phenoxy) is 7. The summed E-state index contributed by atoms with van der Waals surface area (Å²) < 4.78 is 50.8. The molecule has 6 aliphatic rings. The predicted molar refractivity (Wildman–Crippen MR) is 148 cm³/mol. The van der Waals surface area contributed by atoms with Crippen LogP contribution in [-0.2, 0) is 42.4 Å². The summed E-state index contributed by atoms with van der Waals surface area (Å²) in [7, 11) is 1.01. The van der Waals surface area contributed by atoms with E-state index in [-0.39, 0.29) is 53.0 Å². The normalized spacial score (nSPS) is 44.3. The van der Waals surface area contributed by atoms with Gasteiger partial charge in [0.15, 0.2) is 14.1 Å². The minimum absolute atomic E-state index is 0.00971. The number of rotatable bonds is 5. The van der Waals surface area contributed by atoms with Crippen LogP contribution >= 0.6 is 0 Å². The lowest BCUT2D eigenvalue weighted by molar-refractivity contribution is -0.235. The van der Waals surface area contributed by atoms with Gasteiger partial charge in [-0.3, -0.25) is 4.79 Å². The molecule has 3 aliphatic carbocycles. The molecule has 3 saturated heterocycles. The number of carbonyl (C=O) groups excluding carboxylic acids is 1. The molecule has 0 aromatic rings. The van der Waals surface area contributed by atoms with E-state index in [0.717, 1.165) is 19.3 Å². The Morgan fingerprint density at radius 1 is 1.07 bits per heavy atom. The monoisotopic (exact) mass is 580 g/mol. The molecule has 0 bridgehead atoms. The Morgan fingerprint density at radius 3 is 2.40 bits per heavy atom. The van der Waals surface area contributed by atoms with Crippen LogP contribution in [0.15, 0.2) is 11.1 Å². The maximum atomic E-state index is 13.0. The van der Waals surface area contributed by atoms with Gasteiger partial charge in [0.05, 0.1) is 38.4 Å². The van der Waals surface area contributed by atoms with Crippen molar-refractivity contribution in [2.24, 2.45) is 22.7 Å². The van der Waals surface area contributed by atoms with Crippen molar-refractivity contribution in [2.75, 3.05) is 34.0 Å². The third kappa shape index (κ3) is 3.93. The molecule has 9 nitrogen and oxygen atoms in total. The highest BCUT2D eigenvalue weighted by molar-refractivity contribution is 6.74. The molecule has 6 rings (SSSR count). The first-order valence-corrected chi connectivity index (χ1v) is 17.9. The van der Waals surface area contributed by atoms with Gasteiger partial charge in [0.1, 0.15) is 12.2 Å². The lowest BCUT2D eigenvalue weighted by Gasteiger charge is -2.61. The average molecular weight is 581 g/mol. The third-order valence-corrected chi connectivity index (χ3v) is 16.2. The van der Waals surface area contributed by atoms with E-state index in [1.807, 2.05) is 0 Å². The molecule has 0 aromatic heterocycles.